The number of carbonyl (C=O) groups excluding carboxylic acids is 1. The summed E-state index contributed by atoms with van der Waals surface area (Å²) in [6.45, 7) is 5.51. The first-order chi connectivity index (χ1) is 14.7. The second kappa shape index (κ2) is 15.4. The van der Waals surface area contributed by atoms with Crippen molar-refractivity contribution in [3.63, 3.8) is 0 Å². The van der Waals surface area contributed by atoms with Gasteiger partial charge in [-0.25, -0.2) is 4.79 Å². The molecule has 5 N–H and O–H groups in total. The van der Waals surface area contributed by atoms with Gasteiger partial charge in [0.05, 0.1) is 30.9 Å². The number of rotatable bonds is 10. The number of ether oxygens (including phenoxy) is 1. The molecule has 0 aromatic heterocycles. The first-order valence-electron chi connectivity index (χ1n) is 10.6. The number of aliphatic hydroxyl groups excluding tert-OH is 3. The van der Waals surface area contributed by atoms with Crippen LogP contribution in [0.2, 0.25) is 0 Å². The van der Waals surface area contributed by atoms with Crippen LogP contribution in [0.5, 0.6) is 0 Å². The molecule has 178 valence electrons. The molecule has 0 aliphatic carbocycles. The van der Waals surface area contributed by atoms with Gasteiger partial charge in [0, 0.05) is 5.41 Å². The van der Waals surface area contributed by atoms with Crippen molar-refractivity contribution in [1.29, 1.82) is 0 Å². The Morgan fingerprint density at radius 2 is 1.47 bits per heavy atom. The molecule has 7 heteroatoms. The molecular weight excluding hydrogens is 513 g/mol. The molecular formula is C25H39NO5Sn. The first kappa shape index (κ1) is 30.5. The maximum atomic E-state index is 12.2. The molecule has 2 rings (SSSR count). The normalized spacial score (nSPS) is 11.1. The van der Waals surface area contributed by atoms with Gasteiger partial charge in [0.25, 0.3) is 0 Å². The van der Waals surface area contributed by atoms with Crippen LogP contribution < -0.4 is 5.73 Å². The predicted octanol–water partition coefficient (Wildman–Crippen LogP) is 1.91. The van der Waals surface area contributed by atoms with Crippen LogP contribution >= 0.6 is 0 Å². The molecule has 6 nitrogen and oxygen atoms in total. The fourth-order valence-electron chi connectivity index (χ4n) is 2.64. The van der Waals surface area contributed by atoms with Crippen molar-refractivity contribution in [2.45, 2.75) is 51.0 Å². The van der Waals surface area contributed by atoms with Crippen LogP contribution in [0.3, 0.4) is 0 Å². The van der Waals surface area contributed by atoms with E-state index in [4.69, 9.17) is 25.8 Å². The molecule has 2 aromatic rings. The monoisotopic (exact) mass is 553 g/mol. The van der Waals surface area contributed by atoms with E-state index >= 15 is 0 Å². The summed E-state index contributed by atoms with van der Waals surface area (Å²) < 4.78 is 5.53. The summed E-state index contributed by atoms with van der Waals surface area (Å²) in [5, 5.41) is 25.0. The van der Waals surface area contributed by atoms with Gasteiger partial charge in [-0.05, 0) is 36.1 Å². The van der Waals surface area contributed by atoms with Gasteiger partial charge in [-0.2, -0.15) is 0 Å². The Bertz CT molecular complexity index is 753. The molecule has 0 aliphatic rings. The summed E-state index contributed by atoms with van der Waals surface area (Å²) >= 11 is 0. The van der Waals surface area contributed by atoms with Crippen molar-refractivity contribution in [3.8, 4) is 0 Å². The fourth-order valence-corrected chi connectivity index (χ4v) is 2.64. The second-order valence-corrected chi connectivity index (χ2v) is 8.46. The quantitative estimate of drug-likeness (QED) is 0.265. The molecule has 0 heterocycles. The number of esters is 1. The van der Waals surface area contributed by atoms with E-state index in [9.17, 15) is 4.79 Å². The minimum atomic E-state index is -1.21. The summed E-state index contributed by atoms with van der Waals surface area (Å²) in [6.07, 6.45) is 3.42. The molecule has 32 heavy (non-hydrogen) atoms. The Balaban J connectivity index is 0.000000917. The molecule has 0 saturated heterocycles. The van der Waals surface area contributed by atoms with E-state index in [-0.39, 0.29) is 35.3 Å². The Labute approximate surface area is 208 Å². The molecule has 0 spiro atoms. The van der Waals surface area contributed by atoms with Crippen molar-refractivity contribution in [2.24, 2.45) is 5.73 Å². The van der Waals surface area contributed by atoms with Gasteiger partial charge in [-0.1, -0.05) is 69.7 Å². The molecule has 2 aromatic carbocycles. The zero-order chi connectivity index (χ0) is 23.3. The van der Waals surface area contributed by atoms with Crippen LogP contribution in [-0.4, -0.2) is 77.2 Å². The Kier molecular flexibility index (Phi) is 14.7. The summed E-state index contributed by atoms with van der Waals surface area (Å²) in [5.74, 6) is -0.254. The van der Waals surface area contributed by atoms with E-state index in [0.717, 1.165) is 6.42 Å². The van der Waals surface area contributed by atoms with E-state index in [2.05, 4.69) is 32.9 Å². The van der Waals surface area contributed by atoms with Crippen molar-refractivity contribution >= 4 is 29.9 Å². The van der Waals surface area contributed by atoms with Gasteiger partial charge < -0.3 is 25.8 Å². The number of hydrogen-bond acceptors (Lipinski definition) is 6. The fraction of sp³-hybridized carbons (Fsp3) is 0.480. The maximum absolute atomic E-state index is 12.2. The predicted molar refractivity (Wildman–Crippen MR) is 132 cm³/mol. The number of aliphatic hydroxyl groups is 3. The van der Waals surface area contributed by atoms with Crippen LogP contribution in [0.1, 0.15) is 55.1 Å². The third kappa shape index (κ3) is 10.4. The minimum absolute atomic E-state index is 0. The summed E-state index contributed by atoms with van der Waals surface area (Å²) in [5.41, 5.74) is 6.80. The van der Waals surface area contributed by atoms with Crippen molar-refractivity contribution < 1.29 is 24.9 Å². The molecule has 0 bridgehead atoms. The average molecular weight is 552 g/mol. The third-order valence-electron chi connectivity index (χ3n) is 5.07. The Morgan fingerprint density at radius 1 is 0.938 bits per heavy atom. The molecule has 0 saturated carbocycles. The molecule has 0 atom stereocenters. The van der Waals surface area contributed by atoms with Gasteiger partial charge >= 0.3 is 29.9 Å². The van der Waals surface area contributed by atoms with E-state index in [1.165, 1.54) is 24.0 Å². The molecule has 0 aliphatic heterocycles. The average Bonchev–Trinajstić information content (AvgIpc) is 2.82. The third-order valence-corrected chi connectivity index (χ3v) is 5.07. The van der Waals surface area contributed by atoms with Gasteiger partial charge in [0.1, 0.15) is 6.61 Å². The van der Waals surface area contributed by atoms with Crippen LogP contribution in [0.4, 0.5) is 0 Å². The first-order valence-corrected chi connectivity index (χ1v) is 10.6. The number of aryl methyl sites for hydroxylation is 1. The number of nitrogens with two attached hydrogens (primary N) is 1. The zero-order valence-corrected chi connectivity index (χ0v) is 23.6. The van der Waals surface area contributed by atoms with Gasteiger partial charge in [-0.3, -0.25) is 0 Å². The van der Waals surface area contributed by atoms with Gasteiger partial charge in [0.2, 0.25) is 0 Å². The van der Waals surface area contributed by atoms with Gasteiger partial charge in [-0.15, -0.1) is 0 Å². The van der Waals surface area contributed by atoms with Crippen molar-refractivity contribution in [3.05, 3.63) is 71.3 Å². The number of hydrogen-bond donors (Lipinski definition) is 4. The van der Waals surface area contributed by atoms with Crippen LogP contribution in [0, 0.1) is 0 Å². The van der Waals surface area contributed by atoms with Crippen LogP contribution in [0.15, 0.2) is 54.6 Å². The van der Waals surface area contributed by atoms with Gasteiger partial charge in [0.15, 0.2) is 0 Å². The zero-order valence-electron chi connectivity index (χ0n) is 19.6. The summed E-state index contributed by atoms with van der Waals surface area (Å²) in [7, 11) is 0. The van der Waals surface area contributed by atoms with Crippen molar-refractivity contribution in [1.82, 2.24) is 0 Å². The van der Waals surface area contributed by atoms with E-state index in [1.807, 2.05) is 42.5 Å². The van der Waals surface area contributed by atoms with Crippen LogP contribution in [-0.2, 0) is 16.6 Å². The molecule has 0 unspecified atom stereocenters. The standard InChI is InChI=1S/C21H26O2.C4H11NO3.Sn.2H/c1-4-5-9-17-12-14-18(15-13-17)20(22)23-16-21(2,3)19-10-7-6-8-11-19;5-4(1-6,2-7)3-8;;;/h6-8,10-15H,4-5,9,16H2,1-3H3;6-8H,1-3,5H2;;;. The number of benzene rings is 2. The number of unbranched alkanes of at least 4 members (excludes halogenated alkanes) is 1. The molecule has 2 radical (unpaired) electrons. The van der Waals surface area contributed by atoms with Crippen molar-refractivity contribution in [2.75, 3.05) is 26.4 Å². The topological polar surface area (TPSA) is 113 Å². The van der Waals surface area contributed by atoms with Crippen LogP contribution in [0.25, 0.3) is 0 Å². The second-order valence-electron chi connectivity index (χ2n) is 8.46. The molecule has 0 fully saturated rings. The summed E-state index contributed by atoms with van der Waals surface area (Å²) in [4.78, 5) is 12.2. The van der Waals surface area contributed by atoms with E-state index in [0.29, 0.717) is 12.2 Å². The SMILES string of the molecule is CCCCc1ccc(C(=O)OCC(C)(C)c2ccccc2)cc1.NC(CO)(CO)CO.[SnH2]. The molecule has 0 amide bonds. The Hall–Kier alpha value is -1.45. The van der Waals surface area contributed by atoms with E-state index in [1.54, 1.807) is 0 Å². The summed E-state index contributed by atoms with van der Waals surface area (Å²) in [6, 6.07) is 17.9. The van der Waals surface area contributed by atoms with E-state index < -0.39 is 25.4 Å². The Morgan fingerprint density at radius 3 is 1.91 bits per heavy atom. The number of carbonyl (C=O) groups is 1.